The number of nitro groups is 1. The molecule has 0 bridgehead atoms. The van der Waals surface area contributed by atoms with Gasteiger partial charge in [0.15, 0.2) is 0 Å². The molecule has 1 aromatic rings. The van der Waals surface area contributed by atoms with Gasteiger partial charge in [-0.25, -0.2) is 0 Å². The van der Waals surface area contributed by atoms with Crippen LogP contribution >= 0.6 is 0 Å². The van der Waals surface area contributed by atoms with Crippen molar-refractivity contribution in [2.24, 2.45) is 0 Å². The van der Waals surface area contributed by atoms with Crippen LogP contribution in [0.3, 0.4) is 0 Å². The van der Waals surface area contributed by atoms with Crippen LogP contribution < -0.4 is 0 Å². The molecule has 0 amide bonds. The van der Waals surface area contributed by atoms with Crippen molar-refractivity contribution < 1.29 is 19.6 Å². The molecule has 1 aromatic carbocycles. The van der Waals surface area contributed by atoms with Gasteiger partial charge in [0.2, 0.25) is 0 Å². The number of carbonyl (C=O) groups excluding carboxylic acids is 1. The van der Waals surface area contributed by atoms with Crippen LogP contribution in [0.2, 0.25) is 0 Å². The molecule has 0 aromatic heterocycles. The number of carboxylic acid groups (broad SMARTS) is 1. The highest BCUT2D eigenvalue weighted by atomic mass is 16.6. The van der Waals surface area contributed by atoms with Gasteiger partial charge in [0, 0.05) is 17.7 Å². The molecule has 0 radical (unpaired) electrons. The van der Waals surface area contributed by atoms with Crippen molar-refractivity contribution in [2.45, 2.75) is 6.42 Å². The van der Waals surface area contributed by atoms with Crippen molar-refractivity contribution in [2.75, 3.05) is 0 Å². The molecular weight excluding hydrogens is 226 g/mol. The quantitative estimate of drug-likeness (QED) is 0.477. The van der Waals surface area contributed by atoms with Crippen LogP contribution in [0.1, 0.15) is 22.3 Å². The molecule has 1 rings (SSSR count). The van der Waals surface area contributed by atoms with E-state index in [0.29, 0.717) is 11.8 Å². The molecule has 0 spiro atoms. The summed E-state index contributed by atoms with van der Waals surface area (Å²) in [5.41, 5.74) is 0.390. The predicted molar refractivity (Wildman–Crippen MR) is 59.8 cm³/mol. The van der Waals surface area contributed by atoms with Gasteiger partial charge in [-0.2, -0.15) is 0 Å². The molecule has 6 nitrogen and oxygen atoms in total. The lowest BCUT2D eigenvalue weighted by molar-refractivity contribution is -0.384. The maximum Gasteiger partial charge on any atom is 0.307 e. The van der Waals surface area contributed by atoms with E-state index in [-0.39, 0.29) is 17.7 Å². The number of hydrogen-bond acceptors (Lipinski definition) is 4. The van der Waals surface area contributed by atoms with Gasteiger partial charge < -0.3 is 5.11 Å². The highest BCUT2D eigenvalue weighted by molar-refractivity contribution is 5.78. The van der Waals surface area contributed by atoms with Crippen LogP contribution in [-0.4, -0.2) is 22.3 Å². The minimum absolute atomic E-state index is 0.175. The molecule has 0 aliphatic carbocycles. The van der Waals surface area contributed by atoms with Gasteiger partial charge in [0.05, 0.1) is 11.3 Å². The largest absolute Gasteiger partial charge is 0.481 e. The molecule has 0 heterocycles. The summed E-state index contributed by atoms with van der Waals surface area (Å²) < 4.78 is 0. The van der Waals surface area contributed by atoms with E-state index in [2.05, 4.69) is 0 Å². The second-order valence-electron chi connectivity index (χ2n) is 3.23. The highest BCUT2D eigenvalue weighted by Crippen LogP contribution is 2.17. The van der Waals surface area contributed by atoms with Gasteiger partial charge in [-0.3, -0.25) is 19.7 Å². The summed E-state index contributed by atoms with van der Waals surface area (Å²) in [7, 11) is 0. The summed E-state index contributed by atoms with van der Waals surface area (Å²) in [4.78, 5) is 30.8. The Morgan fingerprint density at radius 2 is 2.00 bits per heavy atom. The van der Waals surface area contributed by atoms with Gasteiger partial charge in [0.25, 0.3) is 5.69 Å². The van der Waals surface area contributed by atoms with Crippen molar-refractivity contribution in [3.63, 3.8) is 0 Å². The first-order valence-electron chi connectivity index (χ1n) is 4.66. The fourth-order valence-corrected chi connectivity index (χ4v) is 1.22. The summed E-state index contributed by atoms with van der Waals surface area (Å²) in [5, 5.41) is 19.0. The lowest BCUT2D eigenvalue weighted by Gasteiger charge is -1.97. The van der Waals surface area contributed by atoms with Gasteiger partial charge in [-0.05, 0) is 11.6 Å². The summed E-state index contributed by atoms with van der Waals surface area (Å²) >= 11 is 0. The number of aldehydes is 1. The molecule has 0 saturated carbocycles. The zero-order valence-electron chi connectivity index (χ0n) is 8.70. The van der Waals surface area contributed by atoms with E-state index in [4.69, 9.17) is 5.11 Å². The molecular formula is C11H9NO5. The monoisotopic (exact) mass is 235 g/mol. The first-order chi connectivity index (χ1) is 8.02. The fraction of sp³-hybridized carbons (Fsp3) is 0.0909. The maximum atomic E-state index is 10.6. The average molecular weight is 235 g/mol. The number of non-ortho nitro benzene ring substituents is 1. The Kier molecular flexibility index (Phi) is 4.10. The SMILES string of the molecule is O=Cc1cc(C=CCC(=O)O)cc([N+](=O)[O-])c1. The number of aliphatic carboxylic acids is 1. The van der Waals surface area contributed by atoms with Gasteiger partial charge in [-0.15, -0.1) is 0 Å². The lowest BCUT2D eigenvalue weighted by atomic mass is 10.1. The van der Waals surface area contributed by atoms with Crippen LogP contribution in [0.25, 0.3) is 6.08 Å². The van der Waals surface area contributed by atoms with Crippen molar-refractivity contribution in [1.29, 1.82) is 0 Å². The van der Waals surface area contributed by atoms with E-state index >= 15 is 0 Å². The fourth-order valence-electron chi connectivity index (χ4n) is 1.22. The Bertz CT molecular complexity index is 493. The van der Waals surface area contributed by atoms with Crippen LogP contribution in [0.5, 0.6) is 0 Å². The summed E-state index contributed by atoms with van der Waals surface area (Å²) in [5.74, 6) is -0.998. The van der Waals surface area contributed by atoms with Crippen LogP contribution in [0.15, 0.2) is 24.3 Å². The van der Waals surface area contributed by atoms with Gasteiger partial charge in [-0.1, -0.05) is 12.2 Å². The highest BCUT2D eigenvalue weighted by Gasteiger charge is 2.08. The van der Waals surface area contributed by atoms with E-state index in [1.54, 1.807) is 0 Å². The molecule has 0 fully saturated rings. The van der Waals surface area contributed by atoms with Crippen LogP contribution in [0, 0.1) is 10.1 Å². The zero-order valence-corrected chi connectivity index (χ0v) is 8.70. The Balaban J connectivity index is 3.02. The molecule has 17 heavy (non-hydrogen) atoms. The summed E-state index contributed by atoms with van der Waals surface area (Å²) in [6, 6.07) is 3.87. The van der Waals surface area contributed by atoms with Gasteiger partial charge >= 0.3 is 5.97 Å². The van der Waals surface area contributed by atoms with Crippen LogP contribution in [-0.2, 0) is 4.79 Å². The van der Waals surface area contributed by atoms with Gasteiger partial charge in [0.1, 0.15) is 6.29 Å². The molecule has 0 atom stereocenters. The summed E-state index contributed by atoms with van der Waals surface area (Å²) in [6.45, 7) is 0. The second-order valence-corrected chi connectivity index (χ2v) is 3.23. The number of hydrogen-bond donors (Lipinski definition) is 1. The van der Waals surface area contributed by atoms with Crippen molar-refractivity contribution in [1.82, 2.24) is 0 Å². The van der Waals surface area contributed by atoms with E-state index in [1.165, 1.54) is 24.3 Å². The molecule has 88 valence electrons. The summed E-state index contributed by atoms with van der Waals surface area (Å²) in [6.07, 6.45) is 3.10. The molecule has 0 unspecified atom stereocenters. The van der Waals surface area contributed by atoms with Crippen molar-refractivity contribution in [3.8, 4) is 0 Å². The standard InChI is InChI=1S/C11H9NO5/c13-7-9-4-8(2-1-3-11(14)15)5-10(6-9)12(16)17/h1-2,4-7H,3H2,(H,14,15). The molecule has 6 heteroatoms. The Labute approximate surface area is 96.3 Å². The first kappa shape index (κ1) is 12.6. The molecule has 0 aliphatic rings. The Hall–Kier alpha value is -2.50. The number of benzene rings is 1. The van der Waals surface area contributed by atoms with E-state index in [9.17, 15) is 19.7 Å². The lowest BCUT2D eigenvalue weighted by Crippen LogP contribution is -1.92. The number of carbonyl (C=O) groups is 2. The average Bonchev–Trinajstić information content (AvgIpc) is 2.28. The molecule has 1 N–H and O–H groups in total. The zero-order chi connectivity index (χ0) is 12.8. The van der Waals surface area contributed by atoms with E-state index < -0.39 is 10.9 Å². The number of carboxylic acids is 1. The van der Waals surface area contributed by atoms with Crippen molar-refractivity contribution >= 4 is 24.0 Å². The first-order valence-corrected chi connectivity index (χ1v) is 4.66. The minimum Gasteiger partial charge on any atom is -0.481 e. The Morgan fingerprint density at radius 1 is 1.35 bits per heavy atom. The van der Waals surface area contributed by atoms with Crippen LogP contribution in [0.4, 0.5) is 5.69 Å². The molecule has 0 aliphatic heterocycles. The smallest absolute Gasteiger partial charge is 0.307 e. The van der Waals surface area contributed by atoms with Crippen molar-refractivity contribution in [3.05, 3.63) is 45.5 Å². The molecule has 0 saturated heterocycles. The normalized spacial score (nSPS) is 10.4. The third-order valence-electron chi connectivity index (χ3n) is 1.91. The third kappa shape index (κ3) is 3.86. The van der Waals surface area contributed by atoms with E-state index in [0.717, 1.165) is 6.07 Å². The number of nitro benzene ring substituents is 1. The maximum absolute atomic E-state index is 10.6. The topological polar surface area (TPSA) is 97.5 Å². The minimum atomic E-state index is -0.998. The second kappa shape index (κ2) is 5.55. The number of rotatable bonds is 5. The number of nitrogens with zero attached hydrogens (tertiary/aromatic N) is 1. The Morgan fingerprint density at radius 3 is 2.53 bits per heavy atom. The predicted octanol–water partition coefficient (Wildman–Crippen LogP) is 1.90. The third-order valence-corrected chi connectivity index (χ3v) is 1.91. The van der Waals surface area contributed by atoms with E-state index in [1.807, 2.05) is 0 Å².